The first kappa shape index (κ1) is 17.0. The molecular weight excluding hydrogens is 302 g/mol. The van der Waals surface area contributed by atoms with Crippen molar-refractivity contribution in [2.45, 2.75) is 45.1 Å². The van der Waals surface area contributed by atoms with Gasteiger partial charge in [-0.1, -0.05) is 25.5 Å². The van der Waals surface area contributed by atoms with Crippen LogP contribution in [0.15, 0.2) is 24.3 Å². The van der Waals surface area contributed by atoms with Crippen molar-refractivity contribution in [1.29, 1.82) is 0 Å². The van der Waals surface area contributed by atoms with Gasteiger partial charge in [0.25, 0.3) is 0 Å². The molecule has 0 saturated carbocycles. The highest BCUT2D eigenvalue weighted by Gasteiger charge is 2.27. The summed E-state index contributed by atoms with van der Waals surface area (Å²) in [5.41, 5.74) is 2.14. The van der Waals surface area contributed by atoms with E-state index in [1.54, 1.807) is 0 Å². The van der Waals surface area contributed by atoms with Gasteiger partial charge in [-0.15, -0.1) is 0 Å². The van der Waals surface area contributed by atoms with Crippen LogP contribution in [-0.2, 0) is 23.0 Å². The number of nitrogens with one attached hydrogen (secondary N) is 1. The van der Waals surface area contributed by atoms with Gasteiger partial charge in [0.2, 0.25) is 5.91 Å². The van der Waals surface area contributed by atoms with Gasteiger partial charge in [0, 0.05) is 32.5 Å². The smallest absolute Gasteiger partial charge is 0.223 e. The summed E-state index contributed by atoms with van der Waals surface area (Å²) in [6.45, 7) is 3.49. The van der Waals surface area contributed by atoms with Crippen molar-refractivity contribution < 1.29 is 9.53 Å². The molecule has 0 spiro atoms. The molecule has 5 heteroatoms. The monoisotopic (exact) mass is 329 g/mol. The number of imidazole rings is 1. The van der Waals surface area contributed by atoms with Gasteiger partial charge in [-0.2, -0.15) is 0 Å². The normalized spacial score (nSPS) is 21.1. The van der Waals surface area contributed by atoms with Crippen molar-refractivity contribution in [3.8, 4) is 0 Å². The molecule has 0 aliphatic carbocycles. The Bertz CT molecular complexity index is 693. The van der Waals surface area contributed by atoms with E-state index in [0.717, 1.165) is 49.0 Å². The van der Waals surface area contributed by atoms with Crippen LogP contribution in [0, 0.1) is 5.92 Å². The molecule has 130 valence electrons. The lowest BCUT2D eigenvalue weighted by atomic mass is 9.93. The Balaban J connectivity index is 1.52. The molecule has 2 atom stereocenters. The second-order valence-electron chi connectivity index (χ2n) is 6.62. The van der Waals surface area contributed by atoms with E-state index in [1.807, 2.05) is 25.2 Å². The van der Waals surface area contributed by atoms with Gasteiger partial charge in [-0.05, 0) is 31.4 Å². The number of amides is 1. The molecule has 1 amide bonds. The molecule has 24 heavy (non-hydrogen) atoms. The van der Waals surface area contributed by atoms with Crippen LogP contribution in [0.3, 0.4) is 0 Å². The zero-order valence-electron chi connectivity index (χ0n) is 14.6. The molecule has 5 nitrogen and oxygen atoms in total. The number of hydrogen-bond donors (Lipinski definition) is 1. The zero-order valence-corrected chi connectivity index (χ0v) is 14.6. The first-order chi connectivity index (χ1) is 11.7. The van der Waals surface area contributed by atoms with Crippen LogP contribution in [0.4, 0.5) is 0 Å². The first-order valence-electron chi connectivity index (χ1n) is 8.98. The molecule has 1 aromatic heterocycles. The predicted octanol–water partition coefficient (Wildman–Crippen LogP) is 2.83. The number of aryl methyl sites for hydroxylation is 1. The van der Waals surface area contributed by atoms with E-state index >= 15 is 0 Å². The largest absolute Gasteiger partial charge is 0.378 e. The molecule has 2 aromatic rings. The Morgan fingerprint density at radius 2 is 2.25 bits per heavy atom. The standard InChI is InChI=1S/C19H27N3O2/c1-3-6-15-13-14(10-12-24-15)19(23)20-11-9-18-21-16-7-4-5-8-17(16)22(18)2/h4-5,7-8,14-15H,3,6,9-13H2,1-2H3,(H,20,23)/t14-,15-/m1/s1. The second kappa shape index (κ2) is 7.79. The minimum absolute atomic E-state index is 0.0933. The van der Waals surface area contributed by atoms with Crippen molar-refractivity contribution in [1.82, 2.24) is 14.9 Å². The van der Waals surface area contributed by atoms with E-state index in [9.17, 15) is 4.79 Å². The highest BCUT2D eigenvalue weighted by molar-refractivity contribution is 5.79. The van der Waals surface area contributed by atoms with Crippen LogP contribution in [0.1, 0.15) is 38.4 Å². The molecule has 1 aliphatic rings. The number of benzene rings is 1. The third-order valence-electron chi connectivity index (χ3n) is 4.88. The molecular formula is C19H27N3O2. The van der Waals surface area contributed by atoms with Gasteiger partial charge in [-0.25, -0.2) is 4.98 Å². The van der Waals surface area contributed by atoms with Gasteiger partial charge in [-0.3, -0.25) is 4.79 Å². The average molecular weight is 329 g/mol. The van der Waals surface area contributed by atoms with Crippen molar-refractivity contribution in [2.75, 3.05) is 13.2 Å². The van der Waals surface area contributed by atoms with E-state index in [0.29, 0.717) is 13.2 Å². The fourth-order valence-corrected chi connectivity index (χ4v) is 3.50. The van der Waals surface area contributed by atoms with E-state index in [1.165, 1.54) is 0 Å². The maximum Gasteiger partial charge on any atom is 0.223 e. The van der Waals surface area contributed by atoms with Crippen LogP contribution >= 0.6 is 0 Å². The van der Waals surface area contributed by atoms with Crippen molar-refractivity contribution >= 4 is 16.9 Å². The highest BCUT2D eigenvalue weighted by Crippen LogP contribution is 2.23. The molecule has 0 radical (unpaired) electrons. The summed E-state index contributed by atoms with van der Waals surface area (Å²) in [6.07, 6.45) is 4.83. The van der Waals surface area contributed by atoms with Crippen molar-refractivity contribution in [2.24, 2.45) is 13.0 Å². The molecule has 1 aromatic carbocycles. The Kier molecular flexibility index (Phi) is 5.51. The number of carbonyl (C=O) groups is 1. The summed E-state index contributed by atoms with van der Waals surface area (Å²) in [6, 6.07) is 8.11. The Morgan fingerprint density at radius 3 is 3.04 bits per heavy atom. The summed E-state index contributed by atoms with van der Waals surface area (Å²) in [5, 5.41) is 3.09. The molecule has 1 fully saturated rings. The molecule has 1 N–H and O–H groups in total. The minimum Gasteiger partial charge on any atom is -0.378 e. The Morgan fingerprint density at radius 1 is 1.42 bits per heavy atom. The zero-order chi connectivity index (χ0) is 16.9. The van der Waals surface area contributed by atoms with E-state index in [-0.39, 0.29) is 17.9 Å². The second-order valence-corrected chi connectivity index (χ2v) is 6.62. The number of aromatic nitrogens is 2. The summed E-state index contributed by atoms with van der Waals surface area (Å²) in [5.74, 6) is 1.27. The van der Waals surface area contributed by atoms with Gasteiger partial charge in [0.15, 0.2) is 0 Å². The third kappa shape index (κ3) is 3.78. The minimum atomic E-state index is 0.0933. The van der Waals surface area contributed by atoms with Gasteiger partial charge >= 0.3 is 0 Å². The third-order valence-corrected chi connectivity index (χ3v) is 4.88. The number of ether oxygens (including phenoxy) is 1. The number of rotatable bonds is 6. The lowest BCUT2D eigenvalue weighted by Crippen LogP contribution is -2.38. The van der Waals surface area contributed by atoms with Gasteiger partial charge in [0.1, 0.15) is 5.82 Å². The first-order valence-corrected chi connectivity index (χ1v) is 8.98. The van der Waals surface area contributed by atoms with Crippen LogP contribution < -0.4 is 5.32 Å². The Labute approximate surface area is 143 Å². The lowest BCUT2D eigenvalue weighted by Gasteiger charge is -2.28. The fourth-order valence-electron chi connectivity index (χ4n) is 3.50. The van der Waals surface area contributed by atoms with E-state index < -0.39 is 0 Å². The molecule has 1 saturated heterocycles. The topological polar surface area (TPSA) is 56.2 Å². The van der Waals surface area contributed by atoms with Crippen LogP contribution in [0.5, 0.6) is 0 Å². The van der Waals surface area contributed by atoms with E-state index in [2.05, 4.69) is 27.9 Å². The predicted molar refractivity (Wildman–Crippen MR) is 94.8 cm³/mol. The molecule has 0 unspecified atom stereocenters. The lowest BCUT2D eigenvalue weighted by molar-refractivity contribution is -0.130. The summed E-state index contributed by atoms with van der Waals surface area (Å²) < 4.78 is 7.83. The quantitative estimate of drug-likeness (QED) is 0.886. The molecule has 2 heterocycles. The van der Waals surface area contributed by atoms with Crippen LogP contribution in [-0.4, -0.2) is 34.7 Å². The van der Waals surface area contributed by atoms with Gasteiger partial charge < -0.3 is 14.6 Å². The SMILES string of the molecule is CCC[C@@H]1C[C@H](C(=O)NCCc2nc3ccccc3n2C)CCO1. The maximum atomic E-state index is 12.4. The summed E-state index contributed by atoms with van der Waals surface area (Å²) in [7, 11) is 2.03. The number of hydrogen-bond acceptors (Lipinski definition) is 3. The van der Waals surface area contributed by atoms with Crippen molar-refractivity contribution in [3.63, 3.8) is 0 Å². The highest BCUT2D eigenvalue weighted by atomic mass is 16.5. The number of carbonyl (C=O) groups excluding carboxylic acids is 1. The van der Waals surface area contributed by atoms with Crippen LogP contribution in [0.2, 0.25) is 0 Å². The average Bonchev–Trinajstić information content (AvgIpc) is 2.92. The maximum absolute atomic E-state index is 12.4. The Hall–Kier alpha value is -1.88. The molecule has 3 rings (SSSR count). The molecule has 1 aliphatic heterocycles. The number of fused-ring (bicyclic) bond motifs is 1. The van der Waals surface area contributed by atoms with Gasteiger partial charge in [0.05, 0.1) is 17.1 Å². The fraction of sp³-hybridized carbons (Fsp3) is 0.579. The molecule has 0 bridgehead atoms. The van der Waals surface area contributed by atoms with Crippen LogP contribution in [0.25, 0.3) is 11.0 Å². The summed E-state index contributed by atoms with van der Waals surface area (Å²) >= 11 is 0. The van der Waals surface area contributed by atoms with E-state index in [4.69, 9.17) is 4.74 Å². The summed E-state index contributed by atoms with van der Waals surface area (Å²) in [4.78, 5) is 17.1. The van der Waals surface area contributed by atoms with Crippen molar-refractivity contribution in [3.05, 3.63) is 30.1 Å². The number of nitrogens with zero attached hydrogens (tertiary/aromatic N) is 2. The number of para-hydroxylation sites is 2.